The van der Waals surface area contributed by atoms with Crippen molar-refractivity contribution >= 4 is 17.3 Å². The molecule has 0 radical (unpaired) electrons. The summed E-state index contributed by atoms with van der Waals surface area (Å²) in [6.07, 6.45) is 5.46. The number of hydrogen-bond donors (Lipinski definition) is 1. The maximum absolute atomic E-state index is 5.45. The van der Waals surface area contributed by atoms with Crippen LogP contribution >= 0.6 is 0 Å². The molecule has 0 bridgehead atoms. The standard InChI is InChI=1S/C23H24N8O/c1-16-26-17(2)31(29-16)20-5-3-19(4-6-20)27-23-25-8-7-22(28-23)18-13-21(15-24-14-18)30-9-11-32-12-10-30/h3-8,13-15H,9-12H2,1-2H3,(H,25,27,28). The molecule has 32 heavy (non-hydrogen) atoms. The summed E-state index contributed by atoms with van der Waals surface area (Å²) >= 11 is 0. The zero-order chi connectivity index (χ0) is 21.9. The van der Waals surface area contributed by atoms with E-state index in [2.05, 4.69) is 41.3 Å². The van der Waals surface area contributed by atoms with Gasteiger partial charge in [-0.05, 0) is 50.2 Å². The van der Waals surface area contributed by atoms with Gasteiger partial charge in [0.15, 0.2) is 0 Å². The van der Waals surface area contributed by atoms with Crippen LogP contribution in [-0.4, -0.2) is 56.0 Å². The van der Waals surface area contributed by atoms with Gasteiger partial charge in [-0.25, -0.2) is 19.6 Å². The van der Waals surface area contributed by atoms with E-state index in [0.29, 0.717) is 5.95 Å². The molecule has 1 aromatic carbocycles. The molecule has 3 aromatic heterocycles. The number of ether oxygens (including phenoxy) is 1. The highest BCUT2D eigenvalue weighted by Crippen LogP contribution is 2.24. The molecule has 9 heteroatoms. The highest BCUT2D eigenvalue weighted by Gasteiger charge is 2.13. The van der Waals surface area contributed by atoms with Crippen LogP contribution in [0.3, 0.4) is 0 Å². The molecular weight excluding hydrogens is 404 g/mol. The van der Waals surface area contributed by atoms with Crippen molar-refractivity contribution in [3.63, 3.8) is 0 Å². The molecule has 1 aliphatic heterocycles. The molecule has 1 N–H and O–H groups in total. The fourth-order valence-electron chi connectivity index (χ4n) is 3.72. The monoisotopic (exact) mass is 428 g/mol. The van der Waals surface area contributed by atoms with E-state index in [-0.39, 0.29) is 0 Å². The number of hydrogen-bond acceptors (Lipinski definition) is 8. The van der Waals surface area contributed by atoms with Crippen molar-refractivity contribution in [3.05, 3.63) is 66.6 Å². The average molecular weight is 429 g/mol. The molecule has 0 saturated carbocycles. The Morgan fingerprint density at radius 2 is 1.75 bits per heavy atom. The maximum Gasteiger partial charge on any atom is 0.227 e. The summed E-state index contributed by atoms with van der Waals surface area (Å²) in [4.78, 5) is 20.1. The fraction of sp³-hybridized carbons (Fsp3) is 0.261. The van der Waals surface area contributed by atoms with Crippen LogP contribution in [0.1, 0.15) is 11.6 Å². The number of pyridine rings is 1. The Labute approximate surface area is 186 Å². The van der Waals surface area contributed by atoms with E-state index >= 15 is 0 Å². The minimum absolute atomic E-state index is 0.528. The predicted octanol–water partition coefficient (Wildman–Crippen LogP) is 3.32. The van der Waals surface area contributed by atoms with Crippen molar-refractivity contribution in [1.29, 1.82) is 0 Å². The normalized spacial score (nSPS) is 13.9. The smallest absolute Gasteiger partial charge is 0.227 e. The number of anilines is 3. The summed E-state index contributed by atoms with van der Waals surface area (Å²) in [5.41, 5.74) is 4.69. The van der Waals surface area contributed by atoms with Crippen molar-refractivity contribution in [1.82, 2.24) is 29.7 Å². The molecule has 0 amide bonds. The molecule has 0 unspecified atom stereocenters. The van der Waals surface area contributed by atoms with E-state index in [1.54, 1.807) is 6.20 Å². The van der Waals surface area contributed by atoms with Crippen molar-refractivity contribution in [2.75, 3.05) is 36.5 Å². The van der Waals surface area contributed by atoms with Gasteiger partial charge in [0.1, 0.15) is 11.6 Å². The van der Waals surface area contributed by atoms with Crippen LogP contribution in [0.4, 0.5) is 17.3 Å². The number of aryl methyl sites for hydroxylation is 2. The zero-order valence-electron chi connectivity index (χ0n) is 18.1. The summed E-state index contributed by atoms with van der Waals surface area (Å²) in [5.74, 6) is 2.13. The Balaban J connectivity index is 1.34. The van der Waals surface area contributed by atoms with Crippen molar-refractivity contribution < 1.29 is 4.74 Å². The number of aromatic nitrogens is 6. The van der Waals surface area contributed by atoms with Crippen LogP contribution in [-0.2, 0) is 4.74 Å². The number of benzene rings is 1. The molecule has 5 rings (SSSR count). The molecule has 4 aromatic rings. The SMILES string of the molecule is Cc1nc(C)n(-c2ccc(Nc3nccc(-c4cncc(N5CCOCC5)c4)n3)cc2)n1. The third-order valence-electron chi connectivity index (χ3n) is 5.29. The van der Waals surface area contributed by atoms with Crippen molar-refractivity contribution in [2.24, 2.45) is 0 Å². The van der Waals surface area contributed by atoms with Crippen LogP contribution in [0.2, 0.25) is 0 Å². The van der Waals surface area contributed by atoms with Gasteiger partial charge in [-0.1, -0.05) is 0 Å². The molecule has 1 fully saturated rings. The van der Waals surface area contributed by atoms with Crippen LogP contribution in [0.15, 0.2) is 55.0 Å². The van der Waals surface area contributed by atoms with Gasteiger partial charge < -0.3 is 15.0 Å². The molecule has 0 aliphatic carbocycles. The Kier molecular flexibility index (Phi) is 5.47. The molecule has 9 nitrogen and oxygen atoms in total. The first-order valence-electron chi connectivity index (χ1n) is 10.5. The lowest BCUT2D eigenvalue weighted by molar-refractivity contribution is 0.122. The Bertz CT molecular complexity index is 1210. The molecule has 0 atom stereocenters. The summed E-state index contributed by atoms with van der Waals surface area (Å²) in [6, 6.07) is 11.9. The molecule has 1 aliphatic rings. The molecule has 4 heterocycles. The highest BCUT2D eigenvalue weighted by atomic mass is 16.5. The third-order valence-corrected chi connectivity index (χ3v) is 5.29. The van der Waals surface area contributed by atoms with Gasteiger partial charge in [0, 0.05) is 36.7 Å². The second-order valence-electron chi connectivity index (χ2n) is 7.59. The van der Waals surface area contributed by atoms with Crippen LogP contribution in [0.5, 0.6) is 0 Å². The Hall–Kier alpha value is -3.85. The summed E-state index contributed by atoms with van der Waals surface area (Å²) in [5, 5.41) is 7.70. The zero-order valence-corrected chi connectivity index (χ0v) is 18.1. The van der Waals surface area contributed by atoms with E-state index < -0.39 is 0 Å². The minimum atomic E-state index is 0.528. The first-order chi connectivity index (χ1) is 15.7. The van der Waals surface area contributed by atoms with Gasteiger partial charge in [-0.15, -0.1) is 0 Å². The van der Waals surface area contributed by atoms with Crippen LogP contribution in [0.25, 0.3) is 16.9 Å². The lowest BCUT2D eigenvalue weighted by atomic mass is 10.2. The van der Waals surface area contributed by atoms with E-state index in [4.69, 9.17) is 4.74 Å². The largest absolute Gasteiger partial charge is 0.378 e. The topological polar surface area (TPSA) is 93.9 Å². The van der Waals surface area contributed by atoms with E-state index in [0.717, 1.165) is 66.3 Å². The van der Waals surface area contributed by atoms with E-state index in [9.17, 15) is 0 Å². The van der Waals surface area contributed by atoms with Gasteiger partial charge >= 0.3 is 0 Å². The lowest BCUT2D eigenvalue weighted by Gasteiger charge is -2.28. The van der Waals surface area contributed by atoms with E-state index in [1.165, 1.54) is 0 Å². The average Bonchev–Trinajstić information content (AvgIpc) is 3.18. The quantitative estimate of drug-likeness (QED) is 0.517. The summed E-state index contributed by atoms with van der Waals surface area (Å²) in [7, 11) is 0. The summed E-state index contributed by atoms with van der Waals surface area (Å²) < 4.78 is 7.27. The molecule has 162 valence electrons. The van der Waals surface area contributed by atoms with Gasteiger partial charge in [0.2, 0.25) is 5.95 Å². The number of nitrogens with one attached hydrogen (secondary N) is 1. The Morgan fingerprint density at radius 3 is 2.50 bits per heavy atom. The fourth-order valence-corrected chi connectivity index (χ4v) is 3.72. The lowest BCUT2D eigenvalue weighted by Crippen LogP contribution is -2.36. The predicted molar refractivity (Wildman–Crippen MR) is 122 cm³/mol. The van der Waals surface area contributed by atoms with Gasteiger partial charge in [-0.3, -0.25) is 4.98 Å². The van der Waals surface area contributed by atoms with Crippen LogP contribution in [0, 0.1) is 13.8 Å². The van der Waals surface area contributed by atoms with Crippen molar-refractivity contribution in [2.45, 2.75) is 13.8 Å². The summed E-state index contributed by atoms with van der Waals surface area (Å²) in [6.45, 7) is 7.03. The maximum atomic E-state index is 5.45. The number of morpholine rings is 1. The van der Waals surface area contributed by atoms with E-state index in [1.807, 2.05) is 61.3 Å². The second kappa shape index (κ2) is 8.72. The number of rotatable bonds is 5. The van der Waals surface area contributed by atoms with Crippen molar-refractivity contribution in [3.8, 4) is 16.9 Å². The minimum Gasteiger partial charge on any atom is -0.378 e. The highest BCUT2D eigenvalue weighted by molar-refractivity contribution is 5.66. The number of nitrogens with zero attached hydrogens (tertiary/aromatic N) is 7. The van der Waals surface area contributed by atoms with Gasteiger partial charge in [0.25, 0.3) is 0 Å². The molecule has 0 spiro atoms. The molecule has 1 saturated heterocycles. The van der Waals surface area contributed by atoms with Gasteiger partial charge in [-0.2, -0.15) is 5.10 Å². The second-order valence-corrected chi connectivity index (χ2v) is 7.59. The Morgan fingerprint density at radius 1 is 0.938 bits per heavy atom. The van der Waals surface area contributed by atoms with Crippen LogP contribution < -0.4 is 10.2 Å². The first-order valence-corrected chi connectivity index (χ1v) is 10.5. The van der Waals surface area contributed by atoms with Gasteiger partial charge in [0.05, 0.1) is 36.5 Å². The molecular formula is C23H24N8O. The first kappa shape index (κ1) is 20.1. The third kappa shape index (κ3) is 4.28.